The highest BCUT2D eigenvalue weighted by Crippen LogP contribution is 2.25. The molecule has 0 unspecified atom stereocenters. The van der Waals surface area contributed by atoms with Crippen molar-refractivity contribution in [2.75, 3.05) is 43.1 Å². The smallest absolute Gasteiger partial charge is 0.152 e. The minimum Gasteiger partial charge on any atom is -0.497 e. The fourth-order valence-electron chi connectivity index (χ4n) is 2.89. The molecule has 1 aliphatic rings. The fraction of sp³-hybridized carbons (Fsp3) is 0.278. The van der Waals surface area contributed by atoms with Crippen molar-refractivity contribution in [1.82, 2.24) is 0 Å². The number of aldehydes is 1. The number of carbonyl (C=O) groups is 1. The Morgan fingerprint density at radius 3 is 2.41 bits per heavy atom. The van der Waals surface area contributed by atoms with Crippen LogP contribution in [0.2, 0.25) is 0 Å². The van der Waals surface area contributed by atoms with Crippen LogP contribution in [-0.2, 0) is 0 Å². The van der Waals surface area contributed by atoms with E-state index in [2.05, 4.69) is 21.9 Å². The number of hydrogen-bond donors (Lipinski definition) is 0. The minimum absolute atomic E-state index is 0.761. The molecule has 0 aliphatic carbocycles. The first-order chi connectivity index (χ1) is 10.8. The minimum atomic E-state index is 0.761. The van der Waals surface area contributed by atoms with Gasteiger partial charge in [0.25, 0.3) is 0 Å². The maximum Gasteiger partial charge on any atom is 0.152 e. The lowest BCUT2D eigenvalue weighted by atomic mass is 10.1. The molecule has 0 amide bonds. The van der Waals surface area contributed by atoms with E-state index in [1.54, 1.807) is 7.11 Å². The van der Waals surface area contributed by atoms with E-state index >= 15 is 0 Å². The molecule has 22 heavy (non-hydrogen) atoms. The summed E-state index contributed by atoms with van der Waals surface area (Å²) in [6, 6.07) is 15.9. The number of ether oxygens (including phenoxy) is 1. The number of benzene rings is 2. The van der Waals surface area contributed by atoms with Gasteiger partial charge in [0, 0.05) is 49.2 Å². The van der Waals surface area contributed by atoms with Crippen LogP contribution in [0.15, 0.2) is 48.5 Å². The van der Waals surface area contributed by atoms with Gasteiger partial charge in [0.2, 0.25) is 0 Å². The second-order valence-corrected chi connectivity index (χ2v) is 5.35. The number of nitrogens with zero attached hydrogens (tertiary/aromatic N) is 2. The van der Waals surface area contributed by atoms with Crippen molar-refractivity contribution in [1.29, 1.82) is 0 Å². The zero-order chi connectivity index (χ0) is 15.4. The lowest BCUT2D eigenvalue weighted by molar-refractivity contribution is 0.112. The van der Waals surface area contributed by atoms with E-state index in [0.717, 1.165) is 49.5 Å². The maximum atomic E-state index is 11.2. The zero-order valence-corrected chi connectivity index (χ0v) is 12.7. The summed E-state index contributed by atoms with van der Waals surface area (Å²) in [5.41, 5.74) is 2.97. The monoisotopic (exact) mass is 296 g/mol. The number of piperazine rings is 1. The second-order valence-electron chi connectivity index (χ2n) is 5.35. The summed E-state index contributed by atoms with van der Waals surface area (Å²) < 4.78 is 5.29. The molecule has 4 heteroatoms. The van der Waals surface area contributed by atoms with Crippen molar-refractivity contribution in [3.05, 3.63) is 54.1 Å². The Hall–Kier alpha value is -2.49. The van der Waals surface area contributed by atoms with Gasteiger partial charge in [-0.1, -0.05) is 18.2 Å². The molecule has 0 atom stereocenters. The van der Waals surface area contributed by atoms with Gasteiger partial charge in [0.1, 0.15) is 5.75 Å². The van der Waals surface area contributed by atoms with Gasteiger partial charge < -0.3 is 14.5 Å². The largest absolute Gasteiger partial charge is 0.497 e. The quantitative estimate of drug-likeness (QED) is 0.812. The van der Waals surface area contributed by atoms with Crippen LogP contribution < -0.4 is 14.5 Å². The van der Waals surface area contributed by atoms with Gasteiger partial charge in [0.05, 0.1) is 7.11 Å². The fourth-order valence-corrected chi connectivity index (χ4v) is 2.89. The van der Waals surface area contributed by atoms with Crippen LogP contribution in [0.1, 0.15) is 10.4 Å². The van der Waals surface area contributed by atoms with Crippen molar-refractivity contribution in [3.63, 3.8) is 0 Å². The maximum absolute atomic E-state index is 11.2. The lowest BCUT2D eigenvalue weighted by Crippen LogP contribution is -2.46. The van der Waals surface area contributed by atoms with E-state index in [-0.39, 0.29) is 0 Å². The molecule has 1 fully saturated rings. The SMILES string of the molecule is COc1cccc(N2CCN(c3ccccc3C=O)CC2)c1. The number of para-hydroxylation sites is 1. The van der Waals surface area contributed by atoms with Crippen LogP contribution in [0.25, 0.3) is 0 Å². The molecule has 0 spiro atoms. The van der Waals surface area contributed by atoms with Crippen LogP contribution >= 0.6 is 0 Å². The lowest BCUT2D eigenvalue weighted by Gasteiger charge is -2.37. The average Bonchev–Trinajstić information content (AvgIpc) is 2.62. The molecular weight excluding hydrogens is 276 g/mol. The Kier molecular flexibility index (Phi) is 4.28. The Labute approximate surface area is 130 Å². The van der Waals surface area contributed by atoms with Crippen LogP contribution in [0.5, 0.6) is 5.75 Å². The summed E-state index contributed by atoms with van der Waals surface area (Å²) in [5, 5.41) is 0. The van der Waals surface area contributed by atoms with Crippen LogP contribution in [0.4, 0.5) is 11.4 Å². The van der Waals surface area contributed by atoms with Crippen molar-refractivity contribution < 1.29 is 9.53 Å². The second kappa shape index (κ2) is 6.52. The van der Waals surface area contributed by atoms with E-state index in [4.69, 9.17) is 4.74 Å². The third kappa shape index (κ3) is 2.91. The molecule has 2 aromatic carbocycles. The standard InChI is InChI=1S/C18H20N2O2/c1-22-17-7-4-6-16(13-17)19-9-11-20(12-10-19)18-8-3-2-5-15(18)14-21/h2-8,13-14H,9-12H2,1H3. The Bertz CT molecular complexity index is 649. The summed E-state index contributed by atoms with van der Waals surface area (Å²) in [6.45, 7) is 3.67. The third-order valence-electron chi connectivity index (χ3n) is 4.10. The number of methoxy groups -OCH3 is 1. The van der Waals surface area contributed by atoms with E-state index in [9.17, 15) is 4.79 Å². The third-order valence-corrected chi connectivity index (χ3v) is 4.10. The van der Waals surface area contributed by atoms with Crippen molar-refractivity contribution in [3.8, 4) is 5.75 Å². The Morgan fingerprint density at radius 1 is 0.955 bits per heavy atom. The summed E-state index contributed by atoms with van der Waals surface area (Å²) in [7, 11) is 1.69. The summed E-state index contributed by atoms with van der Waals surface area (Å²) in [5.74, 6) is 0.881. The van der Waals surface area contributed by atoms with Gasteiger partial charge >= 0.3 is 0 Å². The number of carbonyl (C=O) groups excluding carboxylic acids is 1. The molecule has 0 N–H and O–H groups in total. The molecule has 0 bridgehead atoms. The van der Waals surface area contributed by atoms with Crippen molar-refractivity contribution in [2.45, 2.75) is 0 Å². The van der Waals surface area contributed by atoms with Crippen LogP contribution in [0, 0.1) is 0 Å². The molecule has 114 valence electrons. The van der Waals surface area contributed by atoms with E-state index in [1.165, 1.54) is 5.69 Å². The number of anilines is 2. The topological polar surface area (TPSA) is 32.8 Å². The molecule has 1 heterocycles. The van der Waals surface area contributed by atoms with Gasteiger partial charge in [-0.25, -0.2) is 0 Å². The molecule has 3 rings (SSSR count). The van der Waals surface area contributed by atoms with Gasteiger partial charge in [-0.15, -0.1) is 0 Å². The van der Waals surface area contributed by atoms with E-state index in [0.29, 0.717) is 0 Å². The van der Waals surface area contributed by atoms with E-state index < -0.39 is 0 Å². The molecule has 4 nitrogen and oxygen atoms in total. The van der Waals surface area contributed by atoms with Crippen LogP contribution in [-0.4, -0.2) is 39.6 Å². The molecule has 0 radical (unpaired) electrons. The molecule has 0 saturated carbocycles. The first-order valence-electron chi connectivity index (χ1n) is 7.50. The summed E-state index contributed by atoms with van der Waals surface area (Å²) in [4.78, 5) is 15.8. The first kappa shape index (κ1) is 14.4. The number of rotatable bonds is 4. The van der Waals surface area contributed by atoms with Gasteiger partial charge in [0.15, 0.2) is 6.29 Å². The van der Waals surface area contributed by atoms with Crippen molar-refractivity contribution >= 4 is 17.7 Å². The number of hydrogen-bond acceptors (Lipinski definition) is 4. The normalized spacial score (nSPS) is 14.8. The average molecular weight is 296 g/mol. The zero-order valence-electron chi connectivity index (χ0n) is 12.7. The molecule has 1 aliphatic heterocycles. The molecule has 0 aromatic heterocycles. The highest BCUT2D eigenvalue weighted by molar-refractivity contribution is 5.84. The highest BCUT2D eigenvalue weighted by atomic mass is 16.5. The predicted octanol–water partition coefficient (Wildman–Crippen LogP) is 2.83. The highest BCUT2D eigenvalue weighted by Gasteiger charge is 2.19. The summed E-state index contributed by atoms with van der Waals surface area (Å²) in [6.07, 6.45) is 0.934. The van der Waals surface area contributed by atoms with Crippen molar-refractivity contribution in [2.24, 2.45) is 0 Å². The molecule has 1 saturated heterocycles. The molecule has 2 aromatic rings. The summed E-state index contributed by atoms with van der Waals surface area (Å²) >= 11 is 0. The van der Waals surface area contributed by atoms with E-state index in [1.807, 2.05) is 36.4 Å². The molecular formula is C18H20N2O2. The first-order valence-corrected chi connectivity index (χ1v) is 7.50. The van der Waals surface area contributed by atoms with Gasteiger partial charge in [-0.2, -0.15) is 0 Å². The Morgan fingerprint density at radius 2 is 1.68 bits per heavy atom. The Balaban J connectivity index is 1.71. The van der Waals surface area contributed by atoms with Gasteiger partial charge in [-0.05, 0) is 24.3 Å². The predicted molar refractivity (Wildman–Crippen MR) is 89.2 cm³/mol. The van der Waals surface area contributed by atoms with Gasteiger partial charge in [-0.3, -0.25) is 4.79 Å². The van der Waals surface area contributed by atoms with Crippen LogP contribution in [0.3, 0.4) is 0 Å².